The fourth-order valence-corrected chi connectivity index (χ4v) is 1.47. The number of hydrogen-bond donors (Lipinski definition) is 1. The average molecular weight is 150 g/mol. The Balaban J connectivity index is 2.29. The van der Waals surface area contributed by atoms with Crippen LogP contribution in [0.1, 0.15) is 25.7 Å². The summed E-state index contributed by atoms with van der Waals surface area (Å²) in [6.45, 7) is 0.0424. The number of alkyl halides is 2. The lowest BCUT2D eigenvalue weighted by molar-refractivity contribution is 0.00413. The predicted molar refractivity (Wildman–Crippen MR) is 34.0 cm³/mol. The molecular weight excluding hydrogens is 138 g/mol. The van der Waals surface area contributed by atoms with Crippen molar-refractivity contribution < 1.29 is 13.9 Å². The minimum Gasteiger partial charge on any atom is -0.396 e. The van der Waals surface area contributed by atoms with Crippen LogP contribution in [0, 0.1) is 5.92 Å². The van der Waals surface area contributed by atoms with Crippen molar-refractivity contribution in [1.82, 2.24) is 0 Å². The van der Waals surface area contributed by atoms with Gasteiger partial charge in [0.2, 0.25) is 5.92 Å². The van der Waals surface area contributed by atoms with Gasteiger partial charge in [0.15, 0.2) is 0 Å². The van der Waals surface area contributed by atoms with E-state index in [1.54, 1.807) is 0 Å². The molecule has 0 spiro atoms. The van der Waals surface area contributed by atoms with E-state index in [0.717, 1.165) is 0 Å². The largest absolute Gasteiger partial charge is 0.396 e. The third kappa shape index (κ3) is 1.90. The van der Waals surface area contributed by atoms with E-state index in [9.17, 15) is 8.78 Å². The molecule has 60 valence electrons. The van der Waals surface area contributed by atoms with Crippen LogP contribution in [-0.4, -0.2) is 17.6 Å². The smallest absolute Gasteiger partial charge is 0.248 e. The highest BCUT2D eigenvalue weighted by Crippen LogP contribution is 2.39. The minimum atomic E-state index is -2.44. The summed E-state index contributed by atoms with van der Waals surface area (Å²) in [6, 6.07) is 0. The van der Waals surface area contributed by atoms with Crippen molar-refractivity contribution in [3.8, 4) is 0 Å². The molecule has 1 fully saturated rings. The van der Waals surface area contributed by atoms with Gasteiger partial charge >= 0.3 is 0 Å². The lowest BCUT2D eigenvalue weighted by atomic mass is 10.1. The van der Waals surface area contributed by atoms with Gasteiger partial charge in [-0.15, -0.1) is 0 Å². The van der Waals surface area contributed by atoms with Crippen LogP contribution in [0.25, 0.3) is 0 Å². The Kier molecular flexibility index (Phi) is 2.24. The average Bonchev–Trinajstić information content (AvgIpc) is 2.12. The molecule has 1 nitrogen and oxygen atoms in total. The zero-order valence-corrected chi connectivity index (χ0v) is 5.82. The first-order valence-corrected chi connectivity index (χ1v) is 3.63. The summed E-state index contributed by atoms with van der Waals surface area (Å²) in [7, 11) is 0. The van der Waals surface area contributed by atoms with E-state index in [1.807, 2.05) is 0 Å². The van der Waals surface area contributed by atoms with Gasteiger partial charge in [-0.05, 0) is 18.8 Å². The van der Waals surface area contributed by atoms with Gasteiger partial charge in [-0.25, -0.2) is 8.78 Å². The van der Waals surface area contributed by atoms with Crippen LogP contribution < -0.4 is 0 Å². The van der Waals surface area contributed by atoms with E-state index in [4.69, 9.17) is 5.11 Å². The molecule has 10 heavy (non-hydrogen) atoms. The lowest BCUT2D eigenvalue weighted by Gasteiger charge is -2.07. The highest BCUT2D eigenvalue weighted by molar-refractivity contribution is 4.80. The Hall–Kier alpha value is -0.180. The molecule has 0 aromatic carbocycles. The molecule has 3 heteroatoms. The van der Waals surface area contributed by atoms with Crippen LogP contribution in [0.2, 0.25) is 0 Å². The van der Waals surface area contributed by atoms with E-state index in [2.05, 4.69) is 0 Å². The zero-order chi connectivity index (χ0) is 7.61. The molecule has 0 saturated heterocycles. The predicted octanol–water partition coefficient (Wildman–Crippen LogP) is 1.80. The maximum atomic E-state index is 12.4. The summed E-state index contributed by atoms with van der Waals surface area (Å²) < 4.78 is 24.9. The van der Waals surface area contributed by atoms with E-state index in [1.165, 1.54) is 0 Å². The molecule has 0 aliphatic heterocycles. The molecule has 1 aliphatic carbocycles. The molecule has 1 aliphatic rings. The molecule has 1 saturated carbocycles. The number of aliphatic hydroxyl groups excluding tert-OH is 1. The molecule has 1 rings (SSSR count). The Labute approximate surface area is 59.0 Å². The van der Waals surface area contributed by atoms with Crippen LogP contribution in [0.5, 0.6) is 0 Å². The molecule has 0 unspecified atom stereocenters. The van der Waals surface area contributed by atoms with Crippen LogP contribution in [0.3, 0.4) is 0 Å². The Morgan fingerprint density at radius 1 is 1.50 bits per heavy atom. The van der Waals surface area contributed by atoms with Crippen molar-refractivity contribution in [2.75, 3.05) is 6.61 Å². The second-order valence-corrected chi connectivity index (χ2v) is 2.98. The SMILES string of the molecule is OCC[C@H]1CCC(F)(F)C1. The van der Waals surface area contributed by atoms with Gasteiger partial charge in [-0.2, -0.15) is 0 Å². The van der Waals surface area contributed by atoms with Crippen molar-refractivity contribution >= 4 is 0 Å². The number of rotatable bonds is 2. The number of halogens is 2. The fourth-order valence-electron chi connectivity index (χ4n) is 1.47. The van der Waals surface area contributed by atoms with E-state index in [0.29, 0.717) is 12.8 Å². The van der Waals surface area contributed by atoms with E-state index >= 15 is 0 Å². The fraction of sp³-hybridized carbons (Fsp3) is 1.00. The van der Waals surface area contributed by atoms with Crippen LogP contribution in [0.4, 0.5) is 8.78 Å². The van der Waals surface area contributed by atoms with Gasteiger partial charge in [0.05, 0.1) is 0 Å². The summed E-state index contributed by atoms with van der Waals surface area (Å²) in [4.78, 5) is 0. The first kappa shape index (κ1) is 7.92. The van der Waals surface area contributed by atoms with Gasteiger partial charge < -0.3 is 5.11 Å². The lowest BCUT2D eigenvalue weighted by Crippen LogP contribution is -2.09. The monoisotopic (exact) mass is 150 g/mol. The van der Waals surface area contributed by atoms with Gasteiger partial charge in [-0.1, -0.05) is 0 Å². The number of aliphatic hydroxyl groups is 1. The summed E-state index contributed by atoms with van der Waals surface area (Å²) >= 11 is 0. The highest BCUT2D eigenvalue weighted by Gasteiger charge is 2.38. The summed E-state index contributed by atoms with van der Waals surface area (Å²) in [6.07, 6.45) is 1.11. The molecule has 0 bridgehead atoms. The maximum Gasteiger partial charge on any atom is 0.248 e. The van der Waals surface area contributed by atoms with Crippen molar-refractivity contribution in [2.45, 2.75) is 31.6 Å². The second-order valence-electron chi connectivity index (χ2n) is 2.98. The Morgan fingerprint density at radius 2 is 2.20 bits per heavy atom. The van der Waals surface area contributed by atoms with Crippen LogP contribution in [-0.2, 0) is 0 Å². The molecule has 0 amide bonds. The molecular formula is C7H12F2O. The minimum absolute atomic E-state index is 0.0116. The highest BCUT2D eigenvalue weighted by atomic mass is 19.3. The summed E-state index contributed by atoms with van der Waals surface area (Å²) in [5.74, 6) is -2.39. The third-order valence-electron chi connectivity index (χ3n) is 2.04. The van der Waals surface area contributed by atoms with Crippen LogP contribution in [0.15, 0.2) is 0 Å². The van der Waals surface area contributed by atoms with Crippen molar-refractivity contribution in [1.29, 1.82) is 0 Å². The van der Waals surface area contributed by atoms with Crippen LogP contribution >= 0.6 is 0 Å². The van der Waals surface area contributed by atoms with Crippen molar-refractivity contribution in [2.24, 2.45) is 5.92 Å². The maximum absolute atomic E-state index is 12.4. The third-order valence-corrected chi connectivity index (χ3v) is 2.04. The Morgan fingerprint density at radius 3 is 2.60 bits per heavy atom. The molecule has 0 aromatic heterocycles. The van der Waals surface area contributed by atoms with Gasteiger partial charge in [-0.3, -0.25) is 0 Å². The first-order chi connectivity index (χ1) is 4.64. The summed E-state index contributed by atoms with van der Waals surface area (Å²) in [5.41, 5.74) is 0. The quantitative estimate of drug-likeness (QED) is 0.636. The normalized spacial score (nSPS) is 30.9. The van der Waals surface area contributed by atoms with E-state index in [-0.39, 0.29) is 25.4 Å². The standard InChI is InChI=1S/C7H12F2O/c8-7(9)3-1-6(5-7)2-4-10/h6,10H,1-5H2/t6-/m1/s1. The molecule has 0 heterocycles. The topological polar surface area (TPSA) is 20.2 Å². The molecule has 0 radical (unpaired) electrons. The Bertz CT molecular complexity index is 114. The van der Waals surface area contributed by atoms with Gasteiger partial charge in [0, 0.05) is 19.4 Å². The van der Waals surface area contributed by atoms with Crippen molar-refractivity contribution in [3.63, 3.8) is 0 Å². The number of hydrogen-bond acceptors (Lipinski definition) is 1. The van der Waals surface area contributed by atoms with E-state index < -0.39 is 5.92 Å². The summed E-state index contributed by atoms with van der Waals surface area (Å²) in [5, 5.41) is 8.45. The van der Waals surface area contributed by atoms with Gasteiger partial charge in [0.25, 0.3) is 0 Å². The molecule has 1 atom stereocenters. The second kappa shape index (κ2) is 2.82. The van der Waals surface area contributed by atoms with Crippen molar-refractivity contribution in [3.05, 3.63) is 0 Å². The molecule has 1 N–H and O–H groups in total. The zero-order valence-electron chi connectivity index (χ0n) is 5.82. The molecule has 0 aromatic rings. The first-order valence-electron chi connectivity index (χ1n) is 3.63. The van der Waals surface area contributed by atoms with Gasteiger partial charge in [0.1, 0.15) is 0 Å².